The van der Waals surface area contributed by atoms with Gasteiger partial charge in [0.15, 0.2) is 0 Å². The number of hydrogen-bond acceptors (Lipinski definition) is 4. The first-order valence-electron chi connectivity index (χ1n) is 10.4. The summed E-state index contributed by atoms with van der Waals surface area (Å²) in [5, 5.41) is 9.50. The zero-order valence-corrected chi connectivity index (χ0v) is 16.9. The van der Waals surface area contributed by atoms with Crippen LogP contribution in [0.25, 0.3) is 10.9 Å². The second-order valence-corrected chi connectivity index (χ2v) is 8.91. The van der Waals surface area contributed by atoms with E-state index in [1.54, 1.807) is 4.57 Å². The highest BCUT2D eigenvalue weighted by Gasteiger charge is 2.38. The number of nitrogens with zero attached hydrogens (tertiary/aromatic N) is 3. The number of halogens is 1. The van der Waals surface area contributed by atoms with Gasteiger partial charge in [0.05, 0.1) is 22.2 Å². The van der Waals surface area contributed by atoms with Crippen LogP contribution in [0.5, 0.6) is 0 Å². The molecule has 0 bridgehead atoms. The van der Waals surface area contributed by atoms with Crippen LogP contribution in [0.4, 0.5) is 10.1 Å². The third-order valence-electron chi connectivity index (χ3n) is 6.88. The maximum absolute atomic E-state index is 15.4. The van der Waals surface area contributed by atoms with E-state index < -0.39 is 17.2 Å². The lowest BCUT2D eigenvalue weighted by atomic mass is 9.89. The van der Waals surface area contributed by atoms with Gasteiger partial charge in [-0.25, -0.2) is 9.18 Å². The van der Waals surface area contributed by atoms with Crippen molar-refractivity contribution in [3.63, 3.8) is 0 Å². The molecule has 0 radical (unpaired) electrons. The van der Waals surface area contributed by atoms with Crippen molar-refractivity contribution in [2.75, 3.05) is 38.1 Å². The molecule has 3 heterocycles. The van der Waals surface area contributed by atoms with Gasteiger partial charge in [0.1, 0.15) is 11.4 Å². The van der Waals surface area contributed by atoms with Crippen LogP contribution in [0.1, 0.15) is 41.2 Å². The van der Waals surface area contributed by atoms with Gasteiger partial charge in [-0.05, 0) is 50.8 Å². The number of terminal acetylenes is 1. The van der Waals surface area contributed by atoms with Crippen molar-refractivity contribution in [3.05, 3.63) is 39.4 Å². The molecule has 2 unspecified atom stereocenters. The monoisotopic (exact) mass is 409 g/mol. The molecule has 0 spiro atoms. The van der Waals surface area contributed by atoms with Gasteiger partial charge in [0, 0.05) is 31.9 Å². The van der Waals surface area contributed by atoms with Crippen LogP contribution in [0.2, 0.25) is 0 Å². The van der Waals surface area contributed by atoms with E-state index in [1.165, 1.54) is 12.3 Å². The van der Waals surface area contributed by atoms with Crippen LogP contribution in [-0.4, -0.2) is 53.8 Å². The van der Waals surface area contributed by atoms with Crippen LogP contribution < -0.4 is 10.3 Å². The van der Waals surface area contributed by atoms with E-state index in [9.17, 15) is 14.7 Å². The molecule has 2 aromatic rings. The number of aromatic nitrogens is 1. The van der Waals surface area contributed by atoms with E-state index in [2.05, 4.69) is 17.9 Å². The van der Waals surface area contributed by atoms with Gasteiger partial charge in [-0.3, -0.25) is 4.79 Å². The van der Waals surface area contributed by atoms with E-state index in [4.69, 9.17) is 6.42 Å². The number of anilines is 1. The summed E-state index contributed by atoms with van der Waals surface area (Å²) in [7, 11) is 2.11. The molecule has 2 aliphatic heterocycles. The van der Waals surface area contributed by atoms with E-state index >= 15 is 4.39 Å². The molecule has 0 amide bonds. The van der Waals surface area contributed by atoms with Gasteiger partial charge in [0.2, 0.25) is 5.43 Å². The summed E-state index contributed by atoms with van der Waals surface area (Å²) in [4.78, 5) is 28.7. The summed E-state index contributed by atoms with van der Waals surface area (Å²) in [6.45, 7) is 3.50. The average Bonchev–Trinajstić information content (AvgIpc) is 3.46. The molecule has 1 N–H and O–H groups in total. The summed E-state index contributed by atoms with van der Waals surface area (Å²) < 4.78 is 17.2. The van der Waals surface area contributed by atoms with Crippen LogP contribution >= 0.6 is 0 Å². The maximum atomic E-state index is 15.4. The molecule has 1 aromatic heterocycles. The second-order valence-electron chi connectivity index (χ2n) is 8.91. The lowest BCUT2D eigenvalue weighted by molar-refractivity contribution is 0.0695. The Morgan fingerprint density at radius 1 is 1.23 bits per heavy atom. The van der Waals surface area contributed by atoms with Crippen molar-refractivity contribution in [1.29, 1.82) is 0 Å². The van der Waals surface area contributed by atoms with E-state index in [0.717, 1.165) is 45.4 Å². The Balaban J connectivity index is 1.71. The molecule has 1 saturated carbocycles. The van der Waals surface area contributed by atoms with Crippen molar-refractivity contribution in [3.8, 4) is 12.3 Å². The van der Waals surface area contributed by atoms with Crippen LogP contribution in [0.3, 0.4) is 0 Å². The number of likely N-dealkylation sites (tertiary alicyclic amines) is 1. The predicted molar refractivity (Wildman–Crippen MR) is 113 cm³/mol. The Morgan fingerprint density at radius 2 is 1.97 bits per heavy atom. The van der Waals surface area contributed by atoms with Crippen molar-refractivity contribution in [1.82, 2.24) is 9.47 Å². The minimum Gasteiger partial charge on any atom is -0.477 e. The lowest BCUT2D eigenvalue weighted by Gasteiger charge is -2.31. The van der Waals surface area contributed by atoms with Gasteiger partial charge in [-0.15, -0.1) is 6.42 Å². The lowest BCUT2D eigenvalue weighted by Crippen LogP contribution is -2.37. The SMILES string of the molecule is C#Cc1c(N2CC3CCN(C)CC3C2)c(F)cc2c(=O)c(C(=O)O)cn(C3CC3)c12. The van der Waals surface area contributed by atoms with Gasteiger partial charge in [-0.2, -0.15) is 0 Å². The van der Waals surface area contributed by atoms with Crippen molar-refractivity contribution >= 4 is 22.6 Å². The molecule has 3 fully saturated rings. The zero-order chi connectivity index (χ0) is 21.2. The molecule has 3 aliphatic rings. The summed E-state index contributed by atoms with van der Waals surface area (Å²) in [6.07, 6.45) is 10.1. The van der Waals surface area contributed by atoms with Gasteiger partial charge < -0.3 is 19.5 Å². The number of hydrogen-bond donors (Lipinski definition) is 1. The highest BCUT2D eigenvalue weighted by Crippen LogP contribution is 2.42. The van der Waals surface area contributed by atoms with Gasteiger partial charge in [-0.1, -0.05) is 5.92 Å². The smallest absolute Gasteiger partial charge is 0.341 e. The molecule has 7 heteroatoms. The first kappa shape index (κ1) is 19.1. The number of fused-ring (bicyclic) bond motifs is 2. The number of rotatable bonds is 3. The summed E-state index contributed by atoms with van der Waals surface area (Å²) in [5.41, 5.74) is 0.183. The molecule has 1 aliphatic carbocycles. The summed E-state index contributed by atoms with van der Waals surface area (Å²) >= 11 is 0. The minimum absolute atomic E-state index is 0.0485. The number of pyridine rings is 1. The van der Waals surface area contributed by atoms with E-state index in [0.29, 0.717) is 28.6 Å². The number of carboxylic acid groups (broad SMARTS) is 1. The fourth-order valence-electron chi connectivity index (χ4n) is 5.25. The van der Waals surface area contributed by atoms with Crippen molar-refractivity contribution < 1.29 is 14.3 Å². The zero-order valence-electron chi connectivity index (χ0n) is 16.9. The van der Waals surface area contributed by atoms with Crippen molar-refractivity contribution in [2.45, 2.75) is 25.3 Å². The Labute approximate surface area is 173 Å². The van der Waals surface area contributed by atoms with Crippen LogP contribution in [0.15, 0.2) is 17.1 Å². The average molecular weight is 409 g/mol. The Bertz CT molecular complexity index is 1160. The van der Waals surface area contributed by atoms with E-state index in [1.807, 2.05) is 4.90 Å². The third-order valence-corrected chi connectivity index (χ3v) is 6.88. The topological polar surface area (TPSA) is 65.8 Å². The summed E-state index contributed by atoms with van der Waals surface area (Å²) in [5.74, 6) is 1.75. The molecule has 156 valence electrons. The fraction of sp³-hybridized carbons (Fsp3) is 0.478. The fourth-order valence-corrected chi connectivity index (χ4v) is 5.25. The standard InChI is InChI=1S/C23H24FN3O3/c1-3-16-20-17(22(28)18(23(29)30)12-27(20)15-4-5-15)8-19(24)21(16)26-10-13-6-7-25(2)9-14(13)11-26/h1,8,12-15H,4-7,9-11H2,2H3,(H,29,30). The number of carbonyl (C=O) groups is 1. The molecule has 5 rings (SSSR count). The number of aromatic carboxylic acids is 1. The maximum Gasteiger partial charge on any atom is 0.341 e. The summed E-state index contributed by atoms with van der Waals surface area (Å²) in [6, 6.07) is 1.28. The number of piperidine rings is 1. The number of carboxylic acids is 1. The Morgan fingerprint density at radius 3 is 2.63 bits per heavy atom. The number of benzene rings is 1. The molecular formula is C23H24FN3O3. The largest absolute Gasteiger partial charge is 0.477 e. The minimum atomic E-state index is -1.31. The van der Waals surface area contributed by atoms with Crippen molar-refractivity contribution in [2.24, 2.45) is 11.8 Å². The third kappa shape index (κ3) is 2.90. The van der Waals surface area contributed by atoms with E-state index in [-0.39, 0.29) is 17.0 Å². The molecule has 1 aromatic carbocycles. The molecule has 2 saturated heterocycles. The molecule has 30 heavy (non-hydrogen) atoms. The molecule has 6 nitrogen and oxygen atoms in total. The highest BCUT2D eigenvalue weighted by molar-refractivity contribution is 5.96. The predicted octanol–water partition coefficient (Wildman–Crippen LogP) is 2.54. The normalized spacial score (nSPS) is 24.1. The first-order chi connectivity index (χ1) is 14.4. The Kier molecular flexibility index (Phi) is 4.37. The van der Waals surface area contributed by atoms with Crippen LogP contribution in [0, 0.1) is 30.0 Å². The second kappa shape index (κ2) is 6.85. The first-order valence-corrected chi connectivity index (χ1v) is 10.4. The Hall–Kier alpha value is -2.85. The molecular weight excluding hydrogens is 385 g/mol. The van der Waals surface area contributed by atoms with Crippen LogP contribution in [-0.2, 0) is 0 Å². The highest BCUT2D eigenvalue weighted by atomic mass is 19.1. The quantitative estimate of drug-likeness (QED) is 0.790. The van der Waals surface area contributed by atoms with Gasteiger partial charge >= 0.3 is 5.97 Å². The molecule has 2 atom stereocenters. The van der Waals surface area contributed by atoms with Gasteiger partial charge in [0.25, 0.3) is 0 Å².